The Morgan fingerprint density at radius 3 is 2.89 bits per heavy atom. The van der Waals surface area contributed by atoms with Gasteiger partial charge in [0, 0.05) is 18.7 Å². The predicted molar refractivity (Wildman–Crippen MR) is 101 cm³/mol. The van der Waals surface area contributed by atoms with Crippen molar-refractivity contribution in [2.24, 2.45) is 0 Å². The molecule has 7 nitrogen and oxygen atoms in total. The smallest absolute Gasteiger partial charge is 0.261 e. The number of aromatic nitrogens is 2. The number of nitrogens with zero attached hydrogens (tertiary/aromatic N) is 2. The van der Waals surface area contributed by atoms with Crippen LogP contribution in [0.3, 0.4) is 0 Å². The largest absolute Gasteiger partial charge is 0.497 e. The van der Waals surface area contributed by atoms with E-state index in [0.29, 0.717) is 23.1 Å². The number of carbonyl (C=O) groups is 1. The molecule has 1 aromatic carbocycles. The number of nitrogens with one attached hydrogen (secondary N) is 1. The summed E-state index contributed by atoms with van der Waals surface area (Å²) < 4.78 is 16.0. The number of ether oxygens (including phenoxy) is 2. The quantitative estimate of drug-likeness (QED) is 0.700. The van der Waals surface area contributed by atoms with E-state index in [0.717, 1.165) is 35.6 Å². The van der Waals surface area contributed by atoms with Crippen molar-refractivity contribution in [3.8, 4) is 27.9 Å². The van der Waals surface area contributed by atoms with Crippen molar-refractivity contribution in [1.82, 2.24) is 15.5 Å². The van der Waals surface area contributed by atoms with Crippen molar-refractivity contribution < 1.29 is 18.8 Å². The van der Waals surface area contributed by atoms with Gasteiger partial charge in [-0.05, 0) is 49.2 Å². The molecule has 140 valence electrons. The Morgan fingerprint density at radius 1 is 1.30 bits per heavy atom. The van der Waals surface area contributed by atoms with Crippen LogP contribution in [-0.4, -0.2) is 42.4 Å². The van der Waals surface area contributed by atoms with Gasteiger partial charge in [-0.3, -0.25) is 4.79 Å². The van der Waals surface area contributed by atoms with Crippen LogP contribution in [0.25, 0.3) is 22.2 Å². The predicted octanol–water partition coefficient (Wildman–Crippen LogP) is 3.38. The molecule has 0 spiro atoms. The van der Waals surface area contributed by atoms with Crippen molar-refractivity contribution >= 4 is 17.2 Å². The molecule has 1 fully saturated rings. The normalized spacial score (nSPS) is 16.4. The molecule has 2 aromatic heterocycles. The lowest BCUT2D eigenvalue weighted by Gasteiger charge is -2.09. The van der Waals surface area contributed by atoms with Crippen molar-refractivity contribution in [1.29, 1.82) is 0 Å². The third-order valence-corrected chi connectivity index (χ3v) is 5.41. The molecule has 3 aromatic rings. The van der Waals surface area contributed by atoms with E-state index in [1.54, 1.807) is 13.2 Å². The van der Waals surface area contributed by atoms with E-state index >= 15 is 0 Å². The Labute approximate surface area is 160 Å². The molecule has 1 saturated heterocycles. The van der Waals surface area contributed by atoms with Crippen molar-refractivity contribution in [3.63, 3.8) is 0 Å². The monoisotopic (exact) mass is 385 g/mol. The summed E-state index contributed by atoms with van der Waals surface area (Å²) in [4.78, 5) is 18.1. The first kappa shape index (κ1) is 17.7. The summed E-state index contributed by atoms with van der Waals surface area (Å²) >= 11 is 1.33. The van der Waals surface area contributed by atoms with Crippen LogP contribution in [0.4, 0.5) is 0 Å². The van der Waals surface area contributed by atoms with Crippen LogP contribution in [0.2, 0.25) is 0 Å². The van der Waals surface area contributed by atoms with E-state index in [1.165, 1.54) is 11.3 Å². The fraction of sp³-hybridized carbons (Fsp3) is 0.316. The molecule has 1 atom stereocenters. The minimum atomic E-state index is -0.111. The van der Waals surface area contributed by atoms with E-state index in [2.05, 4.69) is 15.5 Å². The first-order valence-electron chi connectivity index (χ1n) is 8.71. The zero-order chi connectivity index (χ0) is 18.6. The number of carbonyl (C=O) groups excluding carboxylic acids is 1. The number of hydrogen-bond donors (Lipinski definition) is 1. The van der Waals surface area contributed by atoms with Gasteiger partial charge >= 0.3 is 0 Å². The highest BCUT2D eigenvalue weighted by atomic mass is 32.1. The molecule has 27 heavy (non-hydrogen) atoms. The molecule has 1 aliphatic rings. The summed E-state index contributed by atoms with van der Waals surface area (Å²) in [6, 6.07) is 11.0. The standard InChI is InChI=1S/C19H19N3O4S/c1-24-13-6-4-12(5-7-13)19-21-17(22-26-19)15-8-9-16(27-15)18(23)20-11-14-3-2-10-25-14/h4-9,14H,2-3,10-11H2,1H3,(H,20,23). The topological polar surface area (TPSA) is 86.5 Å². The number of benzene rings is 1. The Hall–Kier alpha value is -2.71. The molecule has 0 radical (unpaired) electrons. The molecule has 1 unspecified atom stereocenters. The van der Waals surface area contributed by atoms with Gasteiger partial charge in [-0.15, -0.1) is 11.3 Å². The SMILES string of the molecule is COc1ccc(-c2nc(-c3ccc(C(=O)NCC4CCCO4)s3)no2)cc1. The maximum Gasteiger partial charge on any atom is 0.261 e. The van der Waals surface area contributed by atoms with Crippen LogP contribution in [0.1, 0.15) is 22.5 Å². The molecule has 0 aliphatic carbocycles. The van der Waals surface area contributed by atoms with Crippen LogP contribution >= 0.6 is 11.3 Å². The van der Waals surface area contributed by atoms with Gasteiger partial charge in [0.25, 0.3) is 11.8 Å². The first-order chi connectivity index (χ1) is 13.2. The maximum absolute atomic E-state index is 12.3. The van der Waals surface area contributed by atoms with Crippen LogP contribution in [0.5, 0.6) is 5.75 Å². The molecule has 1 amide bonds. The molecule has 1 N–H and O–H groups in total. The second-order valence-corrected chi connectivity index (χ2v) is 7.24. The molecule has 1 aliphatic heterocycles. The molecule has 0 bridgehead atoms. The molecular weight excluding hydrogens is 366 g/mol. The van der Waals surface area contributed by atoms with Crippen LogP contribution in [-0.2, 0) is 4.74 Å². The first-order valence-corrected chi connectivity index (χ1v) is 9.53. The second kappa shape index (κ2) is 7.89. The highest BCUT2D eigenvalue weighted by Crippen LogP contribution is 2.28. The summed E-state index contributed by atoms with van der Waals surface area (Å²) in [7, 11) is 1.62. The van der Waals surface area contributed by atoms with Gasteiger partial charge in [-0.25, -0.2) is 0 Å². The van der Waals surface area contributed by atoms with Crippen molar-refractivity contribution in [2.45, 2.75) is 18.9 Å². The third-order valence-electron chi connectivity index (χ3n) is 4.33. The van der Waals surface area contributed by atoms with E-state index in [9.17, 15) is 4.79 Å². The molecule has 0 saturated carbocycles. The summed E-state index contributed by atoms with van der Waals surface area (Å²) in [5.41, 5.74) is 0.806. The fourth-order valence-electron chi connectivity index (χ4n) is 2.85. The van der Waals surface area contributed by atoms with Crippen LogP contribution in [0, 0.1) is 0 Å². The number of rotatable bonds is 6. The van der Waals surface area contributed by atoms with Gasteiger partial charge in [0.2, 0.25) is 5.82 Å². The summed E-state index contributed by atoms with van der Waals surface area (Å²) in [5.74, 6) is 1.53. The van der Waals surface area contributed by atoms with E-state index < -0.39 is 0 Å². The van der Waals surface area contributed by atoms with Gasteiger partial charge in [-0.2, -0.15) is 4.98 Å². The van der Waals surface area contributed by atoms with E-state index in [-0.39, 0.29) is 12.0 Å². The number of thiophene rings is 1. The minimum absolute atomic E-state index is 0.111. The van der Waals surface area contributed by atoms with Gasteiger partial charge in [0.15, 0.2) is 0 Å². The van der Waals surface area contributed by atoms with Crippen LogP contribution < -0.4 is 10.1 Å². The average Bonchev–Trinajstić information content (AvgIpc) is 3.47. The van der Waals surface area contributed by atoms with Gasteiger partial charge in [0.05, 0.1) is 23.0 Å². The van der Waals surface area contributed by atoms with Crippen LogP contribution in [0.15, 0.2) is 40.9 Å². The van der Waals surface area contributed by atoms with Crippen molar-refractivity contribution in [3.05, 3.63) is 41.3 Å². The molecule has 4 rings (SSSR count). The van der Waals surface area contributed by atoms with Gasteiger partial charge < -0.3 is 19.3 Å². The lowest BCUT2D eigenvalue weighted by molar-refractivity contribution is 0.0861. The lowest BCUT2D eigenvalue weighted by atomic mass is 10.2. The van der Waals surface area contributed by atoms with Crippen molar-refractivity contribution in [2.75, 3.05) is 20.3 Å². The lowest BCUT2D eigenvalue weighted by Crippen LogP contribution is -2.31. The average molecular weight is 385 g/mol. The summed E-state index contributed by atoms with van der Waals surface area (Å²) in [5, 5.41) is 6.95. The highest BCUT2D eigenvalue weighted by molar-refractivity contribution is 7.17. The van der Waals surface area contributed by atoms with E-state index in [1.807, 2.05) is 30.3 Å². The van der Waals surface area contributed by atoms with Gasteiger partial charge in [-0.1, -0.05) is 5.16 Å². The Kier molecular flexibility index (Phi) is 5.17. The molecular formula is C19H19N3O4S. The Balaban J connectivity index is 1.43. The second-order valence-electron chi connectivity index (χ2n) is 6.16. The third kappa shape index (κ3) is 4.01. The van der Waals surface area contributed by atoms with E-state index in [4.69, 9.17) is 14.0 Å². The molecule has 8 heteroatoms. The number of methoxy groups -OCH3 is 1. The molecule has 3 heterocycles. The minimum Gasteiger partial charge on any atom is -0.497 e. The Bertz CT molecular complexity index is 913. The Morgan fingerprint density at radius 2 is 2.15 bits per heavy atom. The zero-order valence-electron chi connectivity index (χ0n) is 14.8. The zero-order valence-corrected chi connectivity index (χ0v) is 15.6. The highest BCUT2D eigenvalue weighted by Gasteiger charge is 2.19. The maximum atomic E-state index is 12.3. The number of amides is 1. The fourth-order valence-corrected chi connectivity index (χ4v) is 3.70. The summed E-state index contributed by atoms with van der Waals surface area (Å²) in [6.07, 6.45) is 2.17. The van der Waals surface area contributed by atoms with Gasteiger partial charge in [0.1, 0.15) is 5.75 Å². The summed E-state index contributed by atoms with van der Waals surface area (Å²) in [6.45, 7) is 1.31. The number of hydrogen-bond acceptors (Lipinski definition) is 7.